The van der Waals surface area contributed by atoms with Gasteiger partial charge in [-0.25, -0.2) is 16.8 Å². The smallest absolute Gasteiger partial charge is 0.224 e. The lowest BCUT2D eigenvalue weighted by molar-refractivity contribution is -0.338. The number of alkyl halides is 36. The molecule has 66 heavy (non-hydrogen) atoms. The van der Waals surface area contributed by atoms with Crippen molar-refractivity contribution in [2.24, 2.45) is 17.5 Å². The average molecular weight is 1230 g/mol. The highest BCUT2D eigenvalue weighted by molar-refractivity contribution is 8.16. The van der Waals surface area contributed by atoms with E-state index in [0.717, 1.165) is 4.36 Å². The van der Waals surface area contributed by atoms with Crippen molar-refractivity contribution in [1.29, 1.82) is 0 Å². The third-order valence-corrected chi connectivity index (χ3v) is 10.6. The Labute approximate surface area is 348 Å². The van der Waals surface area contributed by atoms with Gasteiger partial charge in [0.05, 0.1) is 0 Å². The monoisotopic (exact) mass is 1220 g/mol. The zero-order valence-corrected chi connectivity index (χ0v) is 32.7. The summed E-state index contributed by atoms with van der Waals surface area (Å²) < 4.78 is 476. The first kappa shape index (κ1) is 70.6. The van der Waals surface area contributed by atoms with Crippen LogP contribution in [0.25, 0.3) is 0 Å². The molecule has 0 aliphatic heterocycles. The minimum atomic E-state index is -7.56. The van der Waals surface area contributed by atoms with Crippen molar-refractivity contribution >= 4 is 71.1 Å². The number of nitrogens with zero attached hydrogens (tertiary/aromatic N) is 4. The van der Waals surface area contributed by atoms with E-state index in [1.807, 2.05) is 0 Å². The van der Waals surface area contributed by atoms with Gasteiger partial charge in [0.2, 0.25) is 17.9 Å². The van der Waals surface area contributed by atoms with Crippen LogP contribution in [0.1, 0.15) is 0 Å². The SMILES string of the molecule is O=S(Cl)(=NC(Cl)(C(F)(F)F)C(F)(F)F)C(F)(F)F.O=S(Cl)(=NC(F)(C(F)(F)F)C(F)(F)F)C(F)(F)F.O=S(F)(=NC(F)(C(F)(F)F)C(F)(F)F)C(F)(F)F.O=S(F)(=NC(F)(F)F)C(F)(F)F. The van der Waals surface area contributed by atoms with Crippen LogP contribution in [0, 0.1) is 0 Å². The Bertz CT molecular complexity index is 1910. The van der Waals surface area contributed by atoms with Gasteiger partial charge in [-0.2, -0.15) is 149 Å². The highest BCUT2D eigenvalue weighted by Crippen LogP contribution is 2.53. The van der Waals surface area contributed by atoms with Gasteiger partial charge >= 0.3 is 102 Å². The molecule has 0 aromatic heterocycles. The minimum absolute atomic E-state index is 0.174. The first-order valence-electron chi connectivity index (χ1n) is 12.0. The van der Waals surface area contributed by atoms with Gasteiger partial charge in [0, 0.05) is 21.4 Å². The summed E-state index contributed by atoms with van der Waals surface area (Å²) in [6.07, 6.45) is -46.7. The Morgan fingerprint density at radius 2 is 0.485 bits per heavy atom. The second kappa shape index (κ2) is 20.1. The third-order valence-electron chi connectivity index (χ3n) is 4.35. The van der Waals surface area contributed by atoms with E-state index >= 15 is 0 Å². The van der Waals surface area contributed by atoms with E-state index in [4.69, 9.17) is 0 Å². The summed E-state index contributed by atoms with van der Waals surface area (Å²) >= 11 is 4.00. The van der Waals surface area contributed by atoms with Crippen LogP contribution >= 0.6 is 33.0 Å². The Kier molecular flexibility index (Phi) is 21.5. The highest BCUT2D eigenvalue weighted by atomic mass is 35.7. The fraction of sp³-hybridized carbons (Fsp3) is 1.00. The molecule has 4 atom stereocenters. The van der Waals surface area contributed by atoms with Crippen molar-refractivity contribution in [3.63, 3.8) is 0 Å². The summed E-state index contributed by atoms with van der Waals surface area (Å²) in [6.45, 7) is 0. The van der Waals surface area contributed by atoms with Gasteiger partial charge in [0.25, 0.3) is 0 Å². The lowest BCUT2D eigenvalue weighted by atomic mass is 10.2. The standard InChI is InChI=1S/C4Cl2F9NOS.C4ClF10NOS.C4F11NOS.C2F7NOS/c5-1(2(7,8)9,3(10,11)12)16-18(6,17)4(13,14)15;5-18(17,4(13,14)15)16-1(6,2(7,8)9)3(10,11)12;5-1(2(6,7)8,3(9,10)11)16-18(15,17)4(12,13)14;3-1(4,5)10-12(9,11)2(6,7)8. The molecular weight excluding hydrogens is 1230 g/mol. The second-order valence-electron chi connectivity index (χ2n) is 9.30. The van der Waals surface area contributed by atoms with Crippen molar-refractivity contribution in [2.75, 3.05) is 0 Å². The quantitative estimate of drug-likeness (QED) is 0.121. The topological polar surface area (TPSA) is 118 Å². The zero-order valence-electron chi connectivity index (χ0n) is 27.2. The molecule has 0 amide bonds. The molecule has 0 aromatic rings. The predicted molar refractivity (Wildman–Crippen MR) is 139 cm³/mol. The van der Waals surface area contributed by atoms with Crippen molar-refractivity contribution in [1.82, 2.24) is 0 Å². The Morgan fingerprint density at radius 1 is 0.288 bits per heavy atom. The van der Waals surface area contributed by atoms with Crippen LogP contribution in [0.5, 0.6) is 0 Å². The van der Waals surface area contributed by atoms with Crippen LogP contribution in [-0.4, -0.2) is 98.8 Å². The summed E-state index contributed by atoms with van der Waals surface area (Å²) in [7, 11) is -19.2. The van der Waals surface area contributed by atoms with Crippen molar-refractivity contribution < 1.29 is 178 Å². The molecule has 0 radical (unpaired) electrons. The van der Waals surface area contributed by atoms with Gasteiger partial charge in [0.1, 0.15) is 0 Å². The van der Waals surface area contributed by atoms with E-state index in [2.05, 4.69) is 33.0 Å². The van der Waals surface area contributed by atoms with E-state index in [9.17, 15) is 178 Å². The van der Waals surface area contributed by atoms with Crippen LogP contribution in [0.2, 0.25) is 0 Å². The zero-order chi connectivity index (χ0) is 55.8. The van der Waals surface area contributed by atoms with Crippen LogP contribution < -0.4 is 0 Å². The van der Waals surface area contributed by atoms with Crippen LogP contribution in [0.15, 0.2) is 17.5 Å². The highest BCUT2D eigenvalue weighted by Gasteiger charge is 2.77. The molecule has 52 heteroatoms. The Morgan fingerprint density at radius 3 is 0.636 bits per heavy atom. The number of hydrogen-bond acceptors (Lipinski definition) is 8. The Hall–Kier alpha value is -1.92. The predicted octanol–water partition coefficient (Wildman–Crippen LogP) is 14.1. The summed E-state index contributed by atoms with van der Waals surface area (Å²) in [5.74, 6) is -13.6. The number of halogens is 40. The molecule has 0 saturated heterocycles. The van der Waals surface area contributed by atoms with E-state index in [1.54, 1.807) is 0 Å². The van der Waals surface area contributed by atoms with Crippen molar-refractivity contribution in [2.45, 2.75) is 82.0 Å². The summed E-state index contributed by atoms with van der Waals surface area (Å²) in [6, 6.07) is 0. The second-order valence-corrected chi connectivity index (χ2v) is 18.6. The maximum Gasteiger partial charge on any atom is 0.513 e. The minimum Gasteiger partial charge on any atom is -0.224 e. The maximum atomic E-state index is 12.7. The average Bonchev–Trinajstić information content (AvgIpc) is 2.90. The summed E-state index contributed by atoms with van der Waals surface area (Å²) in [4.78, 5) is -5.71. The number of rotatable bonds is 3. The van der Waals surface area contributed by atoms with Crippen LogP contribution in [0.4, 0.5) is 161 Å². The van der Waals surface area contributed by atoms with E-state index in [-0.39, 0.29) is 4.36 Å². The number of hydrogen-bond donors (Lipinski definition) is 0. The van der Waals surface area contributed by atoms with Crippen LogP contribution in [0.3, 0.4) is 0 Å². The van der Waals surface area contributed by atoms with Crippen LogP contribution in [-0.2, 0) is 38.1 Å². The molecule has 0 aromatic carbocycles. The fourth-order valence-corrected chi connectivity index (χ4v) is 4.88. The molecule has 0 saturated carbocycles. The molecule has 0 rings (SSSR count). The largest absolute Gasteiger partial charge is 0.513 e. The molecule has 0 aliphatic carbocycles. The summed E-state index contributed by atoms with van der Waals surface area (Å²) in [5, 5.41) is 0. The van der Waals surface area contributed by atoms with Gasteiger partial charge < -0.3 is 0 Å². The van der Waals surface area contributed by atoms with Gasteiger partial charge in [-0.05, 0) is 0 Å². The molecule has 0 spiro atoms. The van der Waals surface area contributed by atoms with Gasteiger partial charge in [-0.15, -0.1) is 25.3 Å². The first-order valence-corrected chi connectivity index (χ1v) is 19.9. The van der Waals surface area contributed by atoms with Gasteiger partial charge in [-0.1, -0.05) is 16.0 Å². The lowest BCUT2D eigenvalue weighted by Crippen LogP contribution is -2.52. The first-order chi connectivity index (χ1) is 27.3. The molecule has 0 fully saturated rings. The third kappa shape index (κ3) is 18.4. The van der Waals surface area contributed by atoms with E-state index in [0.29, 0.717) is 8.73 Å². The molecule has 0 heterocycles. The van der Waals surface area contributed by atoms with Crippen molar-refractivity contribution in [3.05, 3.63) is 0 Å². The molecule has 4 unspecified atom stereocenters. The molecule has 0 N–H and O–H groups in total. The van der Waals surface area contributed by atoms with Gasteiger partial charge in [0.15, 0.2) is 0 Å². The normalized spacial score (nSPS) is 18.4. The fourth-order valence-electron chi connectivity index (χ4n) is 1.62. The van der Waals surface area contributed by atoms with E-state index < -0.39 is 120 Å². The van der Waals surface area contributed by atoms with E-state index in [1.165, 1.54) is 0 Å². The molecular formula is C14Cl3F37N4O4S4. The molecule has 8 nitrogen and oxygen atoms in total. The van der Waals surface area contributed by atoms with Crippen molar-refractivity contribution in [3.8, 4) is 0 Å². The molecule has 0 aliphatic rings. The Balaban J connectivity index is -0.000000393. The molecule has 404 valence electrons. The lowest BCUT2D eigenvalue weighted by Gasteiger charge is -2.27. The summed E-state index contributed by atoms with van der Waals surface area (Å²) in [5.41, 5.74) is -25.2. The maximum absolute atomic E-state index is 12.7. The molecule has 0 bridgehead atoms. The van der Waals surface area contributed by atoms with Gasteiger partial charge in [-0.3, -0.25) is 0 Å².